The summed E-state index contributed by atoms with van der Waals surface area (Å²) in [6.07, 6.45) is 0.416. The lowest BCUT2D eigenvalue weighted by molar-refractivity contribution is -0.384. The van der Waals surface area contributed by atoms with Crippen LogP contribution in [0.5, 0.6) is 11.5 Å². The second-order valence-corrected chi connectivity index (χ2v) is 4.61. The van der Waals surface area contributed by atoms with E-state index in [9.17, 15) is 14.9 Å². The van der Waals surface area contributed by atoms with Gasteiger partial charge in [-0.3, -0.25) is 14.9 Å². The number of hydrogen-bond acceptors (Lipinski definition) is 4. The summed E-state index contributed by atoms with van der Waals surface area (Å²) in [6, 6.07) is 11.2. The fourth-order valence-corrected chi connectivity index (χ4v) is 1.88. The Kier molecular flexibility index (Phi) is 4.33. The molecule has 2 aromatic rings. The molecule has 0 fully saturated rings. The number of nitro benzene ring substituents is 1. The van der Waals surface area contributed by atoms with Crippen LogP contribution >= 0.6 is 0 Å². The Balaban J connectivity index is 2.32. The van der Waals surface area contributed by atoms with E-state index in [1.807, 2.05) is 0 Å². The van der Waals surface area contributed by atoms with E-state index in [0.29, 0.717) is 23.5 Å². The molecule has 0 atom stereocenters. The highest BCUT2D eigenvalue weighted by molar-refractivity contribution is 5.96. The number of Topliss-reactive ketones (excluding diaryl/α,β-unsaturated/α-hetero) is 1. The van der Waals surface area contributed by atoms with Crippen LogP contribution in [0.2, 0.25) is 0 Å². The standard InChI is InChI=1S/C16H15NO4/c1-3-15(18)12-5-4-6-14(9-12)21-16-10-13(17(19)20)8-7-11(16)2/h4-10H,3H2,1-2H3. The van der Waals surface area contributed by atoms with Crippen molar-refractivity contribution in [3.05, 3.63) is 63.7 Å². The minimum atomic E-state index is -0.469. The molecular weight excluding hydrogens is 270 g/mol. The summed E-state index contributed by atoms with van der Waals surface area (Å²) in [5.74, 6) is 0.916. The molecule has 0 N–H and O–H groups in total. The van der Waals surface area contributed by atoms with Gasteiger partial charge in [0.15, 0.2) is 5.78 Å². The number of hydrogen-bond donors (Lipinski definition) is 0. The number of aryl methyl sites for hydroxylation is 1. The van der Waals surface area contributed by atoms with Crippen molar-refractivity contribution >= 4 is 11.5 Å². The maximum atomic E-state index is 11.7. The number of ether oxygens (including phenoxy) is 1. The van der Waals surface area contributed by atoms with Crippen LogP contribution in [-0.4, -0.2) is 10.7 Å². The number of nitro groups is 1. The van der Waals surface area contributed by atoms with Crippen LogP contribution in [-0.2, 0) is 0 Å². The molecule has 0 aliphatic heterocycles. The number of nitrogens with zero attached hydrogens (tertiary/aromatic N) is 1. The van der Waals surface area contributed by atoms with E-state index in [4.69, 9.17) is 4.74 Å². The van der Waals surface area contributed by atoms with Gasteiger partial charge in [0.2, 0.25) is 0 Å². The Morgan fingerprint density at radius 1 is 1.24 bits per heavy atom. The maximum Gasteiger partial charge on any atom is 0.273 e. The largest absolute Gasteiger partial charge is 0.457 e. The second-order valence-electron chi connectivity index (χ2n) is 4.61. The SMILES string of the molecule is CCC(=O)c1cccc(Oc2cc([N+](=O)[O-])ccc2C)c1. The third kappa shape index (κ3) is 3.45. The summed E-state index contributed by atoms with van der Waals surface area (Å²) in [7, 11) is 0. The third-order valence-electron chi connectivity index (χ3n) is 3.09. The molecule has 0 bridgehead atoms. The zero-order chi connectivity index (χ0) is 15.4. The summed E-state index contributed by atoms with van der Waals surface area (Å²) in [5.41, 5.74) is 1.32. The molecular formula is C16H15NO4. The number of carbonyl (C=O) groups is 1. The van der Waals surface area contributed by atoms with Crippen molar-refractivity contribution in [1.82, 2.24) is 0 Å². The van der Waals surface area contributed by atoms with E-state index < -0.39 is 4.92 Å². The lowest BCUT2D eigenvalue weighted by Crippen LogP contribution is -1.97. The molecule has 0 aliphatic carbocycles. The van der Waals surface area contributed by atoms with Gasteiger partial charge in [-0.1, -0.05) is 19.1 Å². The average molecular weight is 285 g/mol. The van der Waals surface area contributed by atoms with Crippen LogP contribution in [0, 0.1) is 17.0 Å². The van der Waals surface area contributed by atoms with E-state index in [2.05, 4.69) is 0 Å². The zero-order valence-corrected chi connectivity index (χ0v) is 11.8. The smallest absolute Gasteiger partial charge is 0.273 e. The predicted molar refractivity (Wildman–Crippen MR) is 79.0 cm³/mol. The van der Waals surface area contributed by atoms with Gasteiger partial charge in [0, 0.05) is 18.1 Å². The van der Waals surface area contributed by atoms with Crippen molar-refractivity contribution in [2.75, 3.05) is 0 Å². The fraction of sp³-hybridized carbons (Fsp3) is 0.188. The Morgan fingerprint density at radius 2 is 2.00 bits per heavy atom. The second kappa shape index (κ2) is 6.17. The lowest BCUT2D eigenvalue weighted by Gasteiger charge is -2.09. The number of carbonyl (C=O) groups excluding carboxylic acids is 1. The molecule has 0 amide bonds. The molecule has 0 aromatic heterocycles. The quantitative estimate of drug-likeness (QED) is 0.467. The fourth-order valence-electron chi connectivity index (χ4n) is 1.88. The Labute approximate surface area is 122 Å². The van der Waals surface area contributed by atoms with Gasteiger partial charge in [0.25, 0.3) is 5.69 Å². The van der Waals surface area contributed by atoms with Crippen LogP contribution < -0.4 is 4.74 Å². The summed E-state index contributed by atoms with van der Waals surface area (Å²) in [4.78, 5) is 22.0. The van der Waals surface area contributed by atoms with E-state index in [1.54, 1.807) is 44.2 Å². The maximum absolute atomic E-state index is 11.7. The molecule has 5 nitrogen and oxygen atoms in total. The first-order valence-electron chi connectivity index (χ1n) is 6.57. The molecule has 21 heavy (non-hydrogen) atoms. The van der Waals surface area contributed by atoms with Gasteiger partial charge in [-0.05, 0) is 30.7 Å². The summed E-state index contributed by atoms with van der Waals surface area (Å²) < 4.78 is 5.68. The van der Waals surface area contributed by atoms with Crippen LogP contribution in [0.4, 0.5) is 5.69 Å². The van der Waals surface area contributed by atoms with Crippen molar-refractivity contribution in [3.8, 4) is 11.5 Å². The van der Waals surface area contributed by atoms with Crippen LogP contribution in [0.3, 0.4) is 0 Å². The van der Waals surface area contributed by atoms with Gasteiger partial charge in [0.1, 0.15) is 11.5 Å². The molecule has 0 saturated carbocycles. The minimum absolute atomic E-state index is 0.0243. The molecule has 0 saturated heterocycles. The highest BCUT2D eigenvalue weighted by atomic mass is 16.6. The normalized spacial score (nSPS) is 10.2. The average Bonchev–Trinajstić information content (AvgIpc) is 2.48. The topological polar surface area (TPSA) is 69.4 Å². The Morgan fingerprint density at radius 3 is 2.67 bits per heavy atom. The molecule has 0 aliphatic rings. The monoisotopic (exact) mass is 285 g/mol. The van der Waals surface area contributed by atoms with Gasteiger partial charge < -0.3 is 4.74 Å². The molecule has 0 radical (unpaired) electrons. The van der Waals surface area contributed by atoms with Gasteiger partial charge in [-0.15, -0.1) is 0 Å². The first kappa shape index (κ1) is 14.7. The van der Waals surface area contributed by atoms with E-state index >= 15 is 0 Å². The van der Waals surface area contributed by atoms with Crippen LogP contribution in [0.1, 0.15) is 29.3 Å². The first-order chi connectivity index (χ1) is 10.0. The number of rotatable bonds is 5. The molecule has 2 rings (SSSR count). The number of benzene rings is 2. The predicted octanol–water partition coefficient (Wildman–Crippen LogP) is 4.29. The molecule has 108 valence electrons. The van der Waals surface area contributed by atoms with Crippen molar-refractivity contribution in [3.63, 3.8) is 0 Å². The lowest BCUT2D eigenvalue weighted by atomic mass is 10.1. The van der Waals surface area contributed by atoms with E-state index in [1.165, 1.54) is 12.1 Å². The molecule has 5 heteroatoms. The summed E-state index contributed by atoms with van der Waals surface area (Å²) in [6.45, 7) is 3.60. The Bertz CT molecular complexity index is 694. The van der Waals surface area contributed by atoms with Crippen molar-refractivity contribution in [1.29, 1.82) is 0 Å². The molecule has 0 unspecified atom stereocenters. The van der Waals surface area contributed by atoms with Crippen LogP contribution in [0.25, 0.3) is 0 Å². The summed E-state index contributed by atoms with van der Waals surface area (Å²) in [5, 5.41) is 10.8. The van der Waals surface area contributed by atoms with Crippen LogP contribution in [0.15, 0.2) is 42.5 Å². The van der Waals surface area contributed by atoms with E-state index in [-0.39, 0.29) is 11.5 Å². The van der Waals surface area contributed by atoms with E-state index in [0.717, 1.165) is 5.56 Å². The molecule has 0 heterocycles. The highest BCUT2D eigenvalue weighted by Crippen LogP contribution is 2.29. The van der Waals surface area contributed by atoms with Gasteiger partial charge in [-0.25, -0.2) is 0 Å². The highest BCUT2D eigenvalue weighted by Gasteiger charge is 2.11. The van der Waals surface area contributed by atoms with Gasteiger partial charge in [-0.2, -0.15) is 0 Å². The Hall–Kier alpha value is -2.69. The number of non-ortho nitro benzene ring substituents is 1. The van der Waals surface area contributed by atoms with Gasteiger partial charge in [0.05, 0.1) is 11.0 Å². The third-order valence-corrected chi connectivity index (χ3v) is 3.09. The minimum Gasteiger partial charge on any atom is -0.457 e. The number of ketones is 1. The van der Waals surface area contributed by atoms with Gasteiger partial charge >= 0.3 is 0 Å². The summed E-state index contributed by atoms with van der Waals surface area (Å²) >= 11 is 0. The molecule has 0 spiro atoms. The van der Waals surface area contributed by atoms with Crippen molar-refractivity contribution in [2.45, 2.75) is 20.3 Å². The first-order valence-corrected chi connectivity index (χ1v) is 6.57. The zero-order valence-electron chi connectivity index (χ0n) is 11.8. The molecule has 2 aromatic carbocycles. The van der Waals surface area contributed by atoms with Crippen molar-refractivity contribution in [2.24, 2.45) is 0 Å². The van der Waals surface area contributed by atoms with Crippen molar-refractivity contribution < 1.29 is 14.5 Å².